The van der Waals surface area contributed by atoms with E-state index >= 15 is 0 Å². The average molecular weight is 432 g/mol. The summed E-state index contributed by atoms with van der Waals surface area (Å²) < 4.78 is 1.93. The number of rotatable bonds is 7. The molecule has 0 aliphatic carbocycles. The number of piperazine rings is 1. The molecule has 3 rings (SSSR count). The molecule has 0 radical (unpaired) electrons. The maximum absolute atomic E-state index is 12.8. The molecule has 1 aromatic heterocycles. The molecule has 162 valence electrons. The lowest BCUT2D eigenvalue weighted by Gasteiger charge is -2.36. The number of aryl methyl sites for hydroxylation is 1. The molecular formula is C21H30ClN7O. The van der Waals surface area contributed by atoms with Crippen molar-refractivity contribution in [3.8, 4) is 0 Å². The first-order chi connectivity index (χ1) is 14.5. The molecular weight excluding hydrogens is 402 g/mol. The molecule has 2 heterocycles. The molecule has 0 atom stereocenters. The molecule has 0 bridgehead atoms. The van der Waals surface area contributed by atoms with Crippen molar-refractivity contribution in [3.63, 3.8) is 0 Å². The predicted octanol–water partition coefficient (Wildman–Crippen LogP) is 2.37. The first-order valence-electron chi connectivity index (χ1n) is 10.4. The number of guanidine groups is 1. The van der Waals surface area contributed by atoms with Gasteiger partial charge in [-0.15, -0.1) is 10.2 Å². The van der Waals surface area contributed by atoms with Crippen LogP contribution < -0.4 is 5.32 Å². The molecule has 8 nitrogen and oxygen atoms in total. The van der Waals surface area contributed by atoms with Gasteiger partial charge in [0.15, 0.2) is 11.8 Å². The number of nitrogens with one attached hydrogen (secondary N) is 1. The summed E-state index contributed by atoms with van der Waals surface area (Å²) in [4.78, 5) is 21.4. The highest BCUT2D eigenvalue weighted by Crippen LogP contribution is 2.14. The Morgan fingerprint density at radius 1 is 1.23 bits per heavy atom. The number of benzene rings is 1. The second-order valence-corrected chi connectivity index (χ2v) is 7.94. The van der Waals surface area contributed by atoms with Crippen molar-refractivity contribution in [2.45, 2.75) is 39.8 Å². The fourth-order valence-electron chi connectivity index (χ4n) is 3.25. The van der Waals surface area contributed by atoms with E-state index in [0.717, 1.165) is 49.1 Å². The number of hydrogen-bond donors (Lipinski definition) is 1. The van der Waals surface area contributed by atoms with Crippen molar-refractivity contribution in [3.05, 3.63) is 46.5 Å². The summed E-state index contributed by atoms with van der Waals surface area (Å²) in [5.41, 5.74) is 1.08. The van der Waals surface area contributed by atoms with Crippen LogP contribution in [0.4, 0.5) is 0 Å². The number of hydrogen-bond acceptors (Lipinski definition) is 4. The number of carbonyl (C=O) groups is 1. The van der Waals surface area contributed by atoms with Gasteiger partial charge in [0, 0.05) is 38.2 Å². The number of amides is 1. The van der Waals surface area contributed by atoms with Crippen LogP contribution in [0.5, 0.6) is 0 Å². The summed E-state index contributed by atoms with van der Waals surface area (Å²) in [6, 6.07) is 7.64. The van der Waals surface area contributed by atoms with Gasteiger partial charge in [-0.2, -0.15) is 0 Å². The molecule has 1 amide bonds. The van der Waals surface area contributed by atoms with Gasteiger partial charge in [0.1, 0.15) is 12.4 Å². The SMILES string of the molecule is CCCCNC(=NCc1nnc(C)n1C)N1CCN(Cc2ccc(Cl)cc2)C(=O)C1. The Morgan fingerprint density at radius 3 is 2.63 bits per heavy atom. The number of halogens is 1. The van der Waals surface area contributed by atoms with Gasteiger partial charge in [-0.05, 0) is 31.0 Å². The molecule has 30 heavy (non-hydrogen) atoms. The van der Waals surface area contributed by atoms with Gasteiger partial charge >= 0.3 is 0 Å². The predicted molar refractivity (Wildman–Crippen MR) is 118 cm³/mol. The van der Waals surface area contributed by atoms with Crippen molar-refractivity contribution >= 4 is 23.5 Å². The van der Waals surface area contributed by atoms with Crippen molar-refractivity contribution in [1.82, 2.24) is 29.9 Å². The van der Waals surface area contributed by atoms with E-state index in [1.54, 1.807) is 0 Å². The Kier molecular flexibility index (Phi) is 7.68. The topological polar surface area (TPSA) is 78.7 Å². The zero-order chi connectivity index (χ0) is 21.5. The zero-order valence-electron chi connectivity index (χ0n) is 17.9. The van der Waals surface area contributed by atoms with E-state index in [-0.39, 0.29) is 5.91 Å². The highest BCUT2D eigenvalue weighted by Gasteiger charge is 2.26. The molecule has 1 saturated heterocycles. The second-order valence-electron chi connectivity index (χ2n) is 7.51. The van der Waals surface area contributed by atoms with Gasteiger partial charge in [-0.25, -0.2) is 4.99 Å². The number of carbonyl (C=O) groups excluding carboxylic acids is 1. The minimum absolute atomic E-state index is 0.0932. The highest BCUT2D eigenvalue weighted by molar-refractivity contribution is 6.30. The number of aliphatic imine (C=N–C) groups is 1. The molecule has 1 aliphatic rings. The lowest BCUT2D eigenvalue weighted by atomic mass is 10.2. The molecule has 1 aromatic carbocycles. The van der Waals surface area contributed by atoms with Crippen LogP contribution in [0.2, 0.25) is 5.02 Å². The van der Waals surface area contributed by atoms with E-state index in [1.165, 1.54) is 0 Å². The molecule has 2 aromatic rings. The zero-order valence-corrected chi connectivity index (χ0v) is 18.7. The van der Waals surface area contributed by atoms with Gasteiger partial charge < -0.3 is 19.7 Å². The first kappa shape index (κ1) is 22.1. The smallest absolute Gasteiger partial charge is 0.242 e. The van der Waals surface area contributed by atoms with Gasteiger partial charge in [0.25, 0.3) is 0 Å². The summed E-state index contributed by atoms with van der Waals surface area (Å²) in [6.45, 7) is 7.60. The van der Waals surface area contributed by atoms with Crippen molar-refractivity contribution in [2.24, 2.45) is 12.0 Å². The Morgan fingerprint density at radius 2 is 2.00 bits per heavy atom. The Hall–Kier alpha value is -2.61. The Labute approximate surface area is 182 Å². The monoisotopic (exact) mass is 431 g/mol. The van der Waals surface area contributed by atoms with Crippen molar-refractivity contribution in [2.75, 3.05) is 26.2 Å². The van der Waals surface area contributed by atoms with Crippen LogP contribution >= 0.6 is 11.6 Å². The van der Waals surface area contributed by atoms with Crippen LogP contribution in [0.1, 0.15) is 37.0 Å². The minimum atomic E-state index is 0.0932. The number of unbranched alkanes of at least 4 members (excludes halogenated alkanes) is 1. The van der Waals surface area contributed by atoms with Crippen LogP contribution in [0.3, 0.4) is 0 Å². The van der Waals surface area contributed by atoms with Crippen LogP contribution in [0, 0.1) is 6.92 Å². The van der Waals surface area contributed by atoms with Gasteiger partial charge in [-0.1, -0.05) is 37.1 Å². The third kappa shape index (κ3) is 5.72. The summed E-state index contributed by atoms with van der Waals surface area (Å²) in [7, 11) is 1.93. The average Bonchev–Trinajstić information content (AvgIpc) is 3.06. The standard InChI is InChI=1S/C21H30ClN7O/c1-4-5-10-23-21(24-13-19-26-25-16(2)27(19)3)29-12-11-28(20(30)15-29)14-17-6-8-18(22)9-7-17/h6-9H,4-5,10-15H2,1-3H3,(H,23,24). The third-order valence-electron chi connectivity index (χ3n) is 5.27. The summed E-state index contributed by atoms with van der Waals surface area (Å²) in [6.07, 6.45) is 2.14. The van der Waals surface area contributed by atoms with Crippen LogP contribution in [-0.4, -0.2) is 62.6 Å². The van der Waals surface area contributed by atoms with E-state index in [2.05, 4.69) is 22.4 Å². The second kappa shape index (κ2) is 10.4. The molecule has 1 fully saturated rings. The fraction of sp³-hybridized carbons (Fsp3) is 0.524. The molecule has 0 spiro atoms. The normalized spacial score (nSPS) is 15.1. The maximum Gasteiger partial charge on any atom is 0.242 e. The lowest BCUT2D eigenvalue weighted by molar-refractivity contribution is -0.135. The molecule has 1 N–H and O–H groups in total. The van der Waals surface area contributed by atoms with Crippen LogP contribution in [-0.2, 0) is 24.9 Å². The van der Waals surface area contributed by atoms with Crippen LogP contribution in [0.15, 0.2) is 29.3 Å². The Balaban J connectivity index is 1.65. The number of nitrogens with zero attached hydrogens (tertiary/aromatic N) is 6. The fourth-order valence-corrected chi connectivity index (χ4v) is 3.37. The third-order valence-corrected chi connectivity index (χ3v) is 5.52. The summed E-state index contributed by atoms with van der Waals surface area (Å²) in [5.74, 6) is 2.50. The minimum Gasteiger partial charge on any atom is -0.356 e. The molecule has 9 heteroatoms. The number of aromatic nitrogens is 3. The van der Waals surface area contributed by atoms with Gasteiger partial charge in [0.05, 0.1) is 6.54 Å². The maximum atomic E-state index is 12.8. The van der Waals surface area contributed by atoms with E-state index in [1.807, 2.05) is 52.6 Å². The quantitative estimate of drug-likeness (QED) is 0.413. The van der Waals surface area contributed by atoms with Crippen LogP contribution in [0.25, 0.3) is 0 Å². The summed E-state index contributed by atoms with van der Waals surface area (Å²) in [5, 5.41) is 12.4. The van der Waals surface area contributed by atoms with Gasteiger partial charge in [-0.3, -0.25) is 4.79 Å². The van der Waals surface area contributed by atoms with E-state index in [4.69, 9.17) is 16.6 Å². The largest absolute Gasteiger partial charge is 0.356 e. The highest BCUT2D eigenvalue weighted by atomic mass is 35.5. The molecule has 0 saturated carbocycles. The lowest BCUT2D eigenvalue weighted by Crippen LogP contribution is -2.55. The van der Waals surface area contributed by atoms with E-state index in [0.29, 0.717) is 31.2 Å². The van der Waals surface area contributed by atoms with Gasteiger partial charge in [0.2, 0.25) is 5.91 Å². The van der Waals surface area contributed by atoms with Crippen molar-refractivity contribution < 1.29 is 4.79 Å². The van der Waals surface area contributed by atoms with E-state index in [9.17, 15) is 4.79 Å². The molecule has 0 unspecified atom stereocenters. The van der Waals surface area contributed by atoms with Crippen molar-refractivity contribution in [1.29, 1.82) is 0 Å². The first-order valence-corrected chi connectivity index (χ1v) is 10.8. The molecule has 1 aliphatic heterocycles. The summed E-state index contributed by atoms with van der Waals surface area (Å²) >= 11 is 5.96. The van der Waals surface area contributed by atoms with E-state index < -0.39 is 0 Å². The Bertz CT molecular complexity index is 878.